The Kier molecular flexibility index (Phi) is 6.94. The number of amides is 3. The number of hydrogen-bond donors (Lipinski definition) is 3. The molecule has 1 spiro atoms. The first-order valence-corrected chi connectivity index (χ1v) is 14.9. The van der Waals surface area contributed by atoms with Crippen molar-refractivity contribution in [3.05, 3.63) is 95.6 Å². The first kappa shape index (κ1) is 27.5. The van der Waals surface area contributed by atoms with E-state index in [1.54, 1.807) is 16.7 Å². The molecule has 6 atom stereocenters. The molecule has 3 aliphatic rings. The molecule has 3 saturated heterocycles. The summed E-state index contributed by atoms with van der Waals surface area (Å²) in [5.41, 5.74) is 4.01. The number of rotatable bonds is 7. The Hall–Kier alpha value is -3.62. The van der Waals surface area contributed by atoms with Gasteiger partial charge in [0.1, 0.15) is 6.04 Å². The van der Waals surface area contributed by atoms with Crippen LogP contribution in [0.1, 0.15) is 42.5 Å². The second kappa shape index (κ2) is 10.3. The third kappa shape index (κ3) is 4.35. The number of carbonyl (C=O) groups excluding carboxylic acids is 3. The van der Waals surface area contributed by atoms with E-state index in [0.717, 1.165) is 22.4 Å². The number of thioether (sulfide) groups is 1. The fourth-order valence-electron chi connectivity index (χ4n) is 7.37. The van der Waals surface area contributed by atoms with E-state index in [2.05, 4.69) is 17.6 Å². The number of aliphatic hydroxyl groups is 1. The lowest BCUT2D eigenvalue weighted by atomic mass is 9.66. The molecule has 212 valence electrons. The van der Waals surface area contributed by atoms with E-state index in [0.29, 0.717) is 18.5 Å². The van der Waals surface area contributed by atoms with E-state index >= 15 is 0 Å². The summed E-state index contributed by atoms with van der Waals surface area (Å²) in [6.07, 6.45) is 1.35. The van der Waals surface area contributed by atoms with Gasteiger partial charge in [0.15, 0.2) is 0 Å². The Morgan fingerprint density at radius 1 is 0.927 bits per heavy atom. The van der Waals surface area contributed by atoms with E-state index < -0.39 is 33.4 Å². The molecule has 3 aliphatic heterocycles. The number of benzene rings is 3. The highest BCUT2D eigenvalue weighted by atomic mass is 32.2. The fourth-order valence-corrected chi connectivity index (χ4v) is 9.72. The number of likely N-dealkylation sites (tertiary alicyclic amines) is 1. The van der Waals surface area contributed by atoms with Crippen LogP contribution in [-0.4, -0.2) is 49.9 Å². The molecule has 6 rings (SSSR count). The van der Waals surface area contributed by atoms with E-state index in [1.165, 1.54) is 0 Å². The molecule has 3 aromatic carbocycles. The van der Waals surface area contributed by atoms with E-state index in [-0.39, 0.29) is 24.3 Å². The molecule has 7 nitrogen and oxygen atoms in total. The monoisotopic (exact) mass is 569 g/mol. The highest BCUT2D eigenvalue weighted by Gasteiger charge is 2.77. The van der Waals surface area contributed by atoms with Gasteiger partial charge in [-0.2, -0.15) is 0 Å². The maximum Gasteiger partial charge on any atom is 0.248 e. The molecular weight excluding hydrogens is 534 g/mol. The van der Waals surface area contributed by atoms with Gasteiger partial charge in [-0.1, -0.05) is 66.7 Å². The summed E-state index contributed by atoms with van der Waals surface area (Å²) in [6.45, 7) is 5.61. The van der Waals surface area contributed by atoms with Gasteiger partial charge in [-0.05, 0) is 62.4 Å². The summed E-state index contributed by atoms with van der Waals surface area (Å²) in [5.74, 6) is -2.06. The largest absolute Gasteiger partial charge is 0.394 e. The molecule has 2 unspecified atom stereocenters. The van der Waals surface area contributed by atoms with Gasteiger partial charge in [0, 0.05) is 16.1 Å². The molecule has 3 aromatic rings. The van der Waals surface area contributed by atoms with Crippen molar-refractivity contribution in [3.8, 4) is 0 Å². The van der Waals surface area contributed by atoms with Crippen LogP contribution in [0.5, 0.6) is 0 Å². The summed E-state index contributed by atoms with van der Waals surface area (Å²) >= 11 is 1.62. The molecule has 0 saturated carbocycles. The smallest absolute Gasteiger partial charge is 0.248 e. The second-order valence-electron chi connectivity index (χ2n) is 11.7. The highest BCUT2D eigenvalue weighted by molar-refractivity contribution is 8.02. The molecule has 0 radical (unpaired) electrons. The zero-order chi connectivity index (χ0) is 28.9. The molecular formula is C33H35N3O4S. The third-order valence-corrected chi connectivity index (χ3v) is 11.2. The van der Waals surface area contributed by atoms with E-state index in [1.807, 2.05) is 92.7 Å². The van der Waals surface area contributed by atoms with Gasteiger partial charge in [0.2, 0.25) is 17.7 Å². The van der Waals surface area contributed by atoms with Crippen LogP contribution in [0.15, 0.2) is 78.9 Å². The lowest BCUT2D eigenvalue weighted by Crippen LogP contribution is -2.52. The zero-order valence-electron chi connectivity index (χ0n) is 23.5. The van der Waals surface area contributed by atoms with Crippen molar-refractivity contribution in [1.29, 1.82) is 0 Å². The van der Waals surface area contributed by atoms with Gasteiger partial charge in [-0.25, -0.2) is 0 Å². The second-order valence-corrected chi connectivity index (χ2v) is 13.6. The molecule has 3 N–H and O–H groups in total. The van der Waals surface area contributed by atoms with Crippen molar-refractivity contribution in [2.24, 2.45) is 11.8 Å². The summed E-state index contributed by atoms with van der Waals surface area (Å²) in [4.78, 5) is 44.5. The van der Waals surface area contributed by atoms with Gasteiger partial charge in [-0.3, -0.25) is 14.4 Å². The number of nitrogens with one attached hydrogen (secondary N) is 2. The van der Waals surface area contributed by atoms with Crippen LogP contribution in [0.4, 0.5) is 11.4 Å². The number of para-hydroxylation sites is 2. The average Bonchev–Trinajstić information content (AvgIpc) is 3.53. The highest BCUT2D eigenvalue weighted by Crippen LogP contribution is 2.72. The summed E-state index contributed by atoms with van der Waals surface area (Å²) in [6, 6.07) is 22.9. The van der Waals surface area contributed by atoms with Crippen molar-refractivity contribution in [2.75, 3.05) is 17.2 Å². The number of fused-ring (bicyclic) bond motifs is 1. The Morgan fingerprint density at radius 2 is 1.56 bits per heavy atom. The fraction of sp³-hybridized carbons (Fsp3) is 0.364. The van der Waals surface area contributed by atoms with Crippen molar-refractivity contribution in [2.45, 2.75) is 55.2 Å². The first-order valence-electron chi connectivity index (χ1n) is 14.1. The van der Waals surface area contributed by atoms with Crippen molar-refractivity contribution in [1.82, 2.24) is 4.90 Å². The number of nitrogens with zero attached hydrogens (tertiary/aromatic N) is 1. The lowest BCUT2D eigenvalue weighted by Gasteiger charge is -2.37. The quantitative estimate of drug-likeness (QED) is 0.368. The van der Waals surface area contributed by atoms with E-state index in [9.17, 15) is 19.5 Å². The Labute approximate surface area is 244 Å². The van der Waals surface area contributed by atoms with Gasteiger partial charge >= 0.3 is 0 Å². The minimum atomic E-state index is -0.863. The molecule has 8 heteroatoms. The molecule has 3 amide bonds. The molecule has 3 fully saturated rings. The lowest BCUT2D eigenvalue weighted by molar-refractivity contribution is -0.141. The van der Waals surface area contributed by atoms with Gasteiger partial charge in [-0.15, -0.1) is 11.8 Å². The number of aryl methyl sites for hydroxylation is 2. The van der Waals surface area contributed by atoms with Crippen molar-refractivity contribution >= 4 is 40.9 Å². The van der Waals surface area contributed by atoms with Crippen LogP contribution < -0.4 is 10.6 Å². The Balaban J connectivity index is 1.44. The molecule has 0 aromatic heterocycles. The van der Waals surface area contributed by atoms with E-state index in [4.69, 9.17) is 0 Å². The predicted molar refractivity (Wildman–Crippen MR) is 161 cm³/mol. The minimum absolute atomic E-state index is 0.206. The average molecular weight is 570 g/mol. The number of aliphatic hydroxyl groups excluding tert-OH is 1. The van der Waals surface area contributed by atoms with Crippen LogP contribution in [-0.2, 0) is 14.4 Å². The Morgan fingerprint density at radius 3 is 2.20 bits per heavy atom. The predicted octanol–water partition coefficient (Wildman–Crippen LogP) is 5.10. The number of carbonyl (C=O) groups is 3. The number of anilines is 2. The van der Waals surface area contributed by atoms with Crippen LogP contribution in [0.25, 0.3) is 0 Å². The van der Waals surface area contributed by atoms with Crippen LogP contribution in [0.2, 0.25) is 0 Å². The summed E-state index contributed by atoms with van der Waals surface area (Å²) in [5, 5.41) is 16.9. The first-order chi connectivity index (χ1) is 19.7. The van der Waals surface area contributed by atoms with Gasteiger partial charge < -0.3 is 20.6 Å². The number of hydrogen-bond acceptors (Lipinski definition) is 5. The van der Waals surface area contributed by atoms with Gasteiger partial charge in [0.25, 0.3) is 0 Å². The maximum atomic E-state index is 14.6. The Bertz CT molecular complexity index is 1480. The van der Waals surface area contributed by atoms with Crippen molar-refractivity contribution < 1.29 is 19.5 Å². The zero-order valence-corrected chi connectivity index (χ0v) is 24.3. The maximum absolute atomic E-state index is 14.6. The summed E-state index contributed by atoms with van der Waals surface area (Å²) < 4.78 is -1.29. The van der Waals surface area contributed by atoms with Gasteiger partial charge in [0.05, 0.1) is 29.2 Å². The van der Waals surface area contributed by atoms with Crippen LogP contribution in [0.3, 0.4) is 0 Å². The molecule has 41 heavy (non-hydrogen) atoms. The van der Waals surface area contributed by atoms with Crippen LogP contribution in [0, 0.1) is 25.7 Å². The standard InChI is InChI=1S/C33H35N3O4S/c1-20-11-10-12-21(2)27(20)35-30(39)28-33-18-17-32(3,41-33)25(29(38)34-23-15-8-5-9-16-23)26(33)31(40)36(28)24(19-37)22-13-6-4-7-14-22/h4-16,24-26,28,37H,17-19H2,1-3H3,(H,34,38)(H,35,39)/t24-,25-,26+,28?,32+,33?/m1/s1. The van der Waals surface area contributed by atoms with Crippen LogP contribution >= 0.6 is 11.8 Å². The topological polar surface area (TPSA) is 98.7 Å². The molecule has 2 bridgehead atoms. The normalized spacial score (nSPS) is 28.8. The summed E-state index contributed by atoms with van der Waals surface area (Å²) in [7, 11) is 0. The third-order valence-electron chi connectivity index (χ3n) is 9.21. The molecule has 0 aliphatic carbocycles. The minimum Gasteiger partial charge on any atom is -0.394 e. The van der Waals surface area contributed by atoms with Crippen molar-refractivity contribution in [3.63, 3.8) is 0 Å². The molecule has 3 heterocycles. The SMILES string of the molecule is Cc1cccc(C)c1NC(=O)C1N([C@H](CO)c2ccccc2)C(=O)[C@@H]2[C@H](C(=O)Nc3ccccc3)[C@]3(C)CCC12S3.